The molecule has 1 aromatic carbocycles. The first-order chi connectivity index (χ1) is 11.4. The number of halogens is 2. The Hall–Kier alpha value is -1.69. The lowest BCUT2D eigenvalue weighted by Gasteiger charge is -2.54. The standard InChI is InChI=1S/C18H22F2N2O2/c1-18(2)15(9-6-7-24-16(9)18)22-17(23)21-13-8-10(13)14-11(19)4-3-5-12(14)20/h3-5,9-10,13,15-16H,6-8H2,1-2H3,(H2,21,22,23). The summed E-state index contributed by atoms with van der Waals surface area (Å²) < 4.78 is 33.3. The van der Waals surface area contributed by atoms with Gasteiger partial charge in [-0.15, -0.1) is 0 Å². The van der Waals surface area contributed by atoms with E-state index < -0.39 is 11.6 Å². The third kappa shape index (κ3) is 2.39. The van der Waals surface area contributed by atoms with Crippen molar-refractivity contribution in [2.24, 2.45) is 11.3 Å². The Morgan fingerprint density at radius 2 is 1.96 bits per heavy atom. The number of amides is 2. The molecule has 3 aliphatic rings. The summed E-state index contributed by atoms with van der Waals surface area (Å²) in [6, 6.07) is 3.46. The second-order valence-corrected chi connectivity index (χ2v) is 7.74. The molecule has 0 spiro atoms. The van der Waals surface area contributed by atoms with Gasteiger partial charge in [-0.1, -0.05) is 19.9 Å². The summed E-state index contributed by atoms with van der Waals surface area (Å²) in [5, 5.41) is 5.88. The summed E-state index contributed by atoms with van der Waals surface area (Å²) in [6.45, 7) is 4.94. The van der Waals surface area contributed by atoms with E-state index in [0.717, 1.165) is 13.0 Å². The van der Waals surface area contributed by atoms with Crippen LogP contribution >= 0.6 is 0 Å². The van der Waals surface area contributed by atoms with Gasteiger partial charge in [0.25, 0.3) is 0 Å². The third-order valence-electron chi connectivity index (χ3n) is 5.86. The van der Waals surface area contributed by atoms with Gasteiger partial charge in [-0.2, -0.15) is 0 Å². The second-order valence-electron chi connectivity index (χ2n) is 7.74. The van der Waals surface area contributed by atoms with Crippen molar-refractivity contribution >= 4 is 6.03 Å². The van der Waals surface area contributed by atoms with Crippen LogP contribution in [-0.4, -0.2) is 30.8 Å². The molecule has 2 amide bonds. The monoisotopic (exact) mass is 336 g/mol. The number of urea groups is 1. The van der Waals surface area contributed by atoms with Gasteiger partial charge in [0.1, 0.15) is 11.6 Å². The van der Waals surface area contributed by atoms with E-state index in [1.54, 1.807) is 0 Å². The van der Waals surface area contributed by atoms with Crippen LogP contribution in [0.15, 0.2) is 18.2 Å². The number of carbonyl (C=O) groups excluding carboxylic acids is 1. The van der Waals surface area contributed by atoms with E-state index in [1.165, 1.54) is 18.2 Å². The Balaban J connectivity index is 1.35. The molecule has 3 fully saturated rings. The smallest absolute Gasteiger partial charge is 0.315 e. The fourth-order valence-electron chi connectivity index (χ4n) is 4.51. The Bertz CT molecular complexity index is 659. The molecule has 6 heteroatoms. The minimum atomic E-state index is -0.546. The zero-order valence-corrected chi connectivity index (χ0v) is 13.8. The summed E-state index contributed by atoms with van der Waals surface area (Å²) in [7, 11) is 0. The maximum atomic E-state index is 13.8. The lowest BCUT2D eigenvalue weighted by atomic mass is 9.57. The van der Waals surface area contributed by atoms with E-state index >= 15 is 0 Å². The predicted octanol–water partition coefficient (Wildman–Crippen LogP) is 2.93. The lowest BCUT2D eigenvalue weighted by molar-refractivity contribution is -0.108. The van der Waals surface area contributed by atoms with Crippen LogP contribution in [0.3, 0.4) is 0 Å². The molecule has 0 radical (unpaired) electrons. The van der Waals surface area contributed by atoms with Gasteiger partial charge in [-0.25, -0.2) is 13.6 Å². The van der Waals surface area contributed by atoms with Crippen LogP contribution in [0.5, 0.6) is 0 Å². The molecule has 130 valence electrons. The van der Waals surface area contributed by atoms with Crippen LogP contribution < -0.4 is 10.6 Å². The average molecular weight is 336 g/mol. The number of hydrogen-bond acceptors (Lipinski definition) is 2. The minimum absolute atomic E-state index is 0.0763. The van der Waals surface area contributed by atoms with Crippen molar-refractivity contribution in [3.8, 4) is 0 Å². The van der Waals surface area contributed by atoms with Gasteiger partial charge in [0.05, 0.1) is 6.10 Å². The topological polar surface area (TPSA) is 50.4 Å². The molecule has 2 N–H and O–H groups in total. The van der Waals surface area contributed by atoms with E-state index in [0.29, 0.717) is 12.3 Å². The lowest BCUT2D eigenvalue weighted by Crippen LogP contribution is -2.67. The van der Waals surface area contributed by atoms with Gasteiger partial charge < -0.3 is 15.4 Å². The largest absolute Gasteiger partial charge is 0.377 e. The van der Waals surface area contributed by atoms with E-state index in [4.69, 9.17) is 4.74 Å². The fraction of sp³-hybridized carbons (Fsp3) is 0.611. The van der Waals surface area contributed by atoms with Crippen molar-refractivity contribution in [3.05, 3.63) is 35.4 Å². The zero-order valence-electron chi connectivity index (χ0n) is 13.8. The molecule has 0 bridgehead atoms. The van der Waals surface area contributed by atoms with E-state index in [-0.39, 0.29) is 41.1 Å². The molecule has 5 unspecified atom stereocenters. The highest BCUT2D eigenvalue weighted by Crippen LogP contribution is 2.52. The molecule has 24 heavy (non-hydrogen) atoms. The molecule has 2 aliphatic carbocycles. The van der Waals surface area contributed by atoms with Gasteiger partial charge in [0, 0.05) is 41.5 Å². The van der Waals surface area contributed by atoms with Crippen LogP contribution in [0.1, 0.15) is 38.2 Å². The number of benzene rings is 1. The van der Waals surface area contributed by atoms with Crippen molar-refractivity contribution in [1.82, 2.24) is 10.6 Å². The Labute approximate surface area is 139 Å². The number of hydrogen-bond donors (Lipinski definition) is 2. The first-order valence-electron chi connectivity index (χ1n) is 8.52. The van der Waals surface area contributed by atoms with Crippen LogP contribution in [-0.2, 0) is 4.74 Å². The molecule has 1 aromatic rings. The molecule has 4 nitrogen and oxygen atoms in total. The van der Waals surface area contributed by atoms with Crippen molar-refractivity contribution < 1.29 is 18.3 Å². The van der Waals surface area contributed by atoms with Crippen molar-refractivity contribution in [2.45, 2.75) is 50.8 Å². The highest BCUT2D eigenvalue weighted by atomic mass is 19.1. The van der Waals surface area contributed by atoms with Crippen molar-refractivity contribution in [1.29, 1.82) is 0 Å². The summed E-state index contributed by atoms with van der Waals surface area (Å²) in [5.74, 6) is -1.01. The molecule has 2 saturated carbocycles. The zero-order chi connectivity index (χ0) is 17.1. The van der Waals surface area contributed by atoms with E-state index in [9.17, 15) is 13.6 Å². The second kappa shape index (κ2) is 5.41. The average Bonchev–Trinajstić information content (AvgIpc) is 3.10. The van der Waals surface area contributed by atoms with Gasteiger partial charge in [0.15, 0.2) is 0 Å². The molecule has 0 aromatic heterocycles. The maximum absolute atomic E-state index is 13.8. The van der Waals surface area contributed by atoms with Gasteiger partial charge in [-0.3, -0.25) is 0 Å². The predicted molar refractivity (Wildman–Crippen MR) is 84.6 cm³/mol. The number of fused-ring (bicyclic) bond motifs is 1. The van der Waals surface area contributed by atoms with Crippen LogP contribution in [0.25, 0.3) is 0 Å². The number of ether oxygens (including phenoxy) is 1. The molecule has 1 aliphatic heterocycles. The normalized spacial score (nSPS) is 35.8. The molecule has 1 heterocycles. The molecule has 5 atom stereocenters. The number of carbonyl (C=O) groups is 1. The first-order valence-corrected chi connectivity index (χ1v) is 8.52. The number of nitrogens with one attached hydrogen (secondary N) is 2. The minimum Gasteiger partial charge on any atom is -0.377 e. The van der Waals surface area contributed by atoms with E-state index in [2.05, 4.69) is 24.5 Å². The molecular weight excluding hydrogens is 314 g/mol. The number of rotatable bonds is 3. The summed E-state index contributed by atoms with van der Waals surface area (Å²) in [4.78, 5) is 12.3. The molecular formula is C18H22F2N2O2. The maximum Gasteiger partial charge on any atom is 0.315 e. The highest BCUT2D eigenvalue weighted by molar-refractivity contribution is 5.75. The quantitative estimate of drug-likeness (QED) is 0.892. The van der Waals surface area contributed by atoms with Crippen LogP contribution in [0, 0.1) is 23.0 Å². The molecule has 4 rings (SSSR count). The fourth-order valence-corrected chi connectivity index (χ4v) is 4.51. The van der Waals surface area contributed by atoms with Gasteiger partial charge >= 0.3 is 6.03 Å². The Morgan fingerprint density at radius 3 is 2.67 bits per heavy atom. The van der Waals surface area contributed by atoms with Crippen LogP contribution in [0.4, 0.5) is 13.6 Å². The van der Waals surface area contributed by atoms with Crippen molar-refractivity contribution in [3.63, 3.8) is 0 Å². The van der Waals surface area contributed by atoms with Gasteiger partial charge in [-0.05, 0) is 25.0 Å². The Kier molecular flexibility index (Phi) is 3.56. The van der Waals surface area contributed by atoms with E-state index in [1.807, 2.05) is 0 Å². The van der Waals surface area contributed by atoms with Gasteiger partial charge in [0.2, 0.25) is 0 Å². The van der Waals surface area contributed by atoms with Crippen molar-refractivity contribution in [2.75, 3.05) is 6.61 Å². The summed E-state index contributed by atoms with van der Waals surface area (Å²) >= 11 is 0. The first kappa shape index (κ1) is 15.8. The Morgan fingerprint density at radius 1 is 1.25 bits per heavy atom. The molecule has 1 saturated heterocycles. The SMILES string of the molecule is CC1(C)C(NC(=O)NC2CC2c2c(F)cccc2F)C2CCOC21. The van der Waals surface area contributed by atoms with Crippen LogP contribution in [0.2, 0.25) is 0 Å². The third-order valence-corrected chi connectivity index (χ3v) is 5.86. The highest BCUT2D eigenvalue weighted by Gasteiger charge is 2.60. The summed E-state index contributed by atoms with van der Waals surface area (Å²) in [6.07, 6.45) is 1.74. The summed E-state index contributed by atoms with van der Waals surface area (Å²) in [5.41, 5.74) is -0.00456.